The van der Waals surface area contributed by atoms with Crippen molar-refractivity contribution in [1.29, 1.82) is 0 Å². The van der Waals surface area contributed by atoms with Gasteiger partial charge < -0.3 is 15.5 Å². The molecule has 1 aliphatic heterocycles. The van der Waals surface area contributed by atoms with E-state index in [0.717, 1.165) is 5.01 Å². The second-order valence-corrected chi connectivity index (χ2v) is 8.02. The van der Waals surface area contributed by atoms with Crippen molar-refractivity contribution in [3.8, 4) is 11.6 Å². The van der Waals surface area contributed by atoms with Gasteiger partial charge in [-0.05, 0) is 43.3 Å². The Morgan fingerprint density at radius 3 is 2.68 bits per heavy atom. The number of nitrogens with two attached hydrogens (primary N) is 1. The quantitative estimate of drug-likeness (QED) is 0.474. The van der Waals surface area contributed by atoms with Crippen molar-refractivity contribution in [2.45, 2.75) is 18.8 Å². The van der Waals surface area contributed by atoms with E-state index in [9.17, 15) is 14.0 Å². The summed E-state index contributed by atoms with van der Waals surface area (Å²) in [6.07, 6.45) is 2.98. The number of aromatic amines is 1. The molecule has 3 N–H and O–H groups in total. The van der Waals surface area contributed by atoms with Gasteiger partial charge in [0.05, 0.1) is 16.5 Å². The molecule has 1 unspecified atom stereocenters. The number of carbonyl (C=O) groups excluding carboxylic acids is 2. The van der Waals surface area contributed by atoms with Crippen LogP contribution in [0.25, 0.3) is 11.0 Å². The molecule has 2 amide bonds. The minimum Gasteiger partial charge on any atom is -0.438 e. The fraction of sp³-hybridized carbons (Fsp3) is 0.125. The molecular formula is C24H19FN6O3. The molecule has 0 aliphatic carbocycles. The molecule has 9 nitrogen and oxygen atoms in total. The molecular weight excluding hydrogens is 439 g/mol. The zero-order valence-corrected chi connectivity index (χ0v) is 18.0. The average Bonchev–Trinajstić information content (AvgIpc) is 3.30. The normalized spacial score (nSPS) is 18.1. The van der Waals surface area contributed by atoms with Gasteiger partial charge in [0.25, 0.3) is 5.91 Å². The van der Waals surface area contributed by atoms with Gasteiger partial charge in [-0.3, -0.25) is 9.59 Å². The third kappa shape index (κ3) is 3.54. The lowest BCUT2D eigenvalue weighted by Gasteiger charge is -2.37. The summed E-state index contributed by atoms with van der Waals surface area (Å²) in [4.78, 5) is 37.1. The third-order valence-corrected chi connectivity index (χ3v) is 5.77. The van der Waals surface area contributed by atoms with Crippen LogP contribution in [-0.4, -0.2) is 32.5 Å². The second-order valence-electron chi connectivity index (χ2n) is 8.02. The predicted octanol–water partition coefficient (Wildman–Crippen LogP) is 3.43. The van der Waals surface area contributed by atoms with Crippen molar-refractivity contribution in [3.05, 3.63) is 78.5 Å². The Hall–Kier alpha value is -4.60. The number of carbonyl (C=O) groups is 2. The van der Waals surface area contributed by atoms with Gasteiger partial charge in [0.2, 0.25) is 11.8 Å². The number of nitrogens with one attached hydrogen (secondary N) is 1. The molecule has 0 saturated heterocycles. The number of hydrogen-bond acceptors (Lipinski definition) is 6. The summed E-state index contributed by atoms with van der Waals surface area (Å²) in [5.41, 5.74) is 5.99. The number of primary amides is 1. The van der Waals surface area contributed by atoms with Crippen molar-refractivity contribution >= 4 is 34.2 Å². The molecule has 0 fully saturated rings. The predicted molar refractivity (Wildman–Crippen MR) is 123 cm³/mol. The molecule has 0 spiro atoms. The number of halogens is 1. The summed E-state index contributed by atoms with van der Waals surface area (Å²) in [6, 6.07) is 14.0. The summed E-state index contributed by atoms with van der Waals surface area (Å²) in [5.74, 6) is -0.918. The number of benzene rings is 2. The van der Waals surface area contributed by atoms with Crippen LogP contribution < -0.4 is 15.5 Å². The van der Waals surface area contributed by atoms with E-state index in [-0.39, 0.29) is 18.0 Å². The van der Waals surface area contributed by atoms with Crippen LogP contribution in [-0.2, 0) is 15.0 Å². The molecule has 4 aromatic rings. The maximum atomic E-state index is 13.4. The smallest absolute Gasteiger partial charge is 0.265 e. The third-order valence-electron chi connectivity index (χ3n) is 5.77. The van der Waals surface area contributed by atoms with Gasteiger partial charge in [0, 0.05) is 18.2 Å². The number of hydrazone groups is 1. The highest BCUT2D eigenvalue weighted by Gasteiger charge is 2.45. The minimum absolute atomic E-state index is 0.0260. The van der Waals surface area contributed by atoms with Crippen LogP contribution in [0.15, 0.2) is 72.2 Å². The van der Waals surface area contributed by atoms with E-state index in [1.807, 2.05) is 0 Å². The van der Waals surface area contributed by atoms with Gasteiger partial charge in [-0.1, -0.05) is 18.2 Å². The van der Waals surface area contributed by atoms with Crippen LogP contribution in [0.4, 0.5) is 10.1 Å². The van der Waals surface area contributed by atoms with Crippen LogP contribution in [0, 0.1) is 5.82 Å². The summed E-state index contributed by atoms with van der Waals surface area (Å²) in [7, 11) is 0. The maximum absolute atomic E-state index is 13.4. The largest absolute Gasteiger partial charge is 0.438 e. The zero-order valence-electron chi connectivity index (χ0n) is 18.0. The lowest BCUT2D eigenvalue weighted by Crippen LogP contribution is -2.50. The number of para-hydroxylation sites is 1. The molecule has 0 bridgehead atoms. The number of amides is 2. The topological polar surface area (TPSA) is 127 Å². The molecule has 5 rings (SSSR count). The van der Waals surface area contributed by atoms with E-state index in [0.29, 0.717) is 33.9 Å². The molecule has 0 radical (unpaired) electrons. The highest BCUT2D eigenvalue weighted by atomic mass is 19.1. The van der Waals surface area contributed by atoms with Gasteiger partial charge in [0.15, 0.2) is 0 Å². The highest BCUT2D eigenvalue weighted by Crippen LogP contribution is 2.41. The van der Waals surface area contributed by atoms with Gasteiger partial charge in [-0.2, -0.15) is 5.10 Å². The standard InChI is InChI=1S/C24H19FN6O3/c1-24(12-19(32)31(30-20(24)21(26)33)15-8-6-14(25)7-9-15)17-4-2-3-5-18(17)34-23-16-10-11-27-22(16)28-13-29-23/h2-11,13H,12H2,1H3,(H2,26,33)(H,27,28,29). The molecule has 34 heavy (non-hydrogen) atoms. The number of fused-ring (bicyclic) bond motifs is 1. The first kappa shape index (κ1) is 21.3. The molecule has 10 heteroatoms. The van der Waals surface area contributed by atoms with Crippen molar-refractivity contribution in [2.24, 2.45) is 10.8 Å². The number of anilines is 1. The van der Waals surface area contributed by atoms with Gasteiger partial charge in [-0.15, -0.1) is 0 Å². The Balaban J connectivity index is 1.60. The van der Waals surface area contributed by atoms with Crippen LogP contribution in [0.1, 0.15) is 18.9 Å². The minimum atomic E-state index is -1.18. The van der Waals surface area contributed by atoms with Gasteiger partial charge in [-0.25, -0.2) is 19.4 Å². The number of H-pyrrole nitrogens is 1. The Morgan fingerprint density at radius 1 is 1.15 bits per heavy atom. The number of rotatable bonds is 5. The molecule has 3 heterocycles. The first-order valence-corrected chi connectivity index (χ1v) is 10.4. The summed E-state index contributed by atoms with van der Waals surface area (Å²) >= 11 is 0. The SMILES string of the molecule is CC1(c2ccccc2Oc2ncnc3[nH]ccc23)CC(=O)N(c2ccc(F)cc2)N=C1C(N)=O. The van der Waals surface area contributed by atoms with Crippen molar-refractivity contribution < 1.29 is 18.7 Å². The van der Waals surface area contributed by atoms with Gasteiger partial charge >= 0.3 is 0 Å². The summed E-state index contributed by atoms with van der Waals surface area (Å²) in [5, 5.41) is 6.04. The molecule has 1 atom stereocenters. The van der Waals surface area contributed by atoms with E-state index < -0.39 is 17.1 Å². The number of nitrogens with zero attached hydrogens (tertiary/aromatic N) is 4. The lowest BCUT2D eigenvalue weighted by atomic mass is 9.73. The average molecular weight is 458 g/mol. The lowest BCUT2D eigenvalue weighted by molar-refractivity contribution is -0.119. The monoisotopic (exact) mass is 458 g/mol. The Morgan fingerprint density at radius 2 is 1.91 bits per heavy atom. The molecule has 2 aromatic carbocycles. The Bertz CT molecular complexity index is 1450. The van der Waals surface area contributed by atoms with Crippen LogP contribution in [0.5, 0.6) is 11.6 Å². The maximum Gasteiger partial charge on any atom is 0.265 e. The van der Waals surface area contributed by atoms with E-state index in [1.165, 1.54) is 30.6 Å². The van der Waals surface area contributed by atoms with E-state index >= 15 is 0 Å². The van der Waals surface area contributed by atoms with E-state index in [1.54, 1.807) is 43.5 Å². The van der Waals surface area contributed by atoms with Crippen molar-refractivity contribution in [1.82, 2.24) is 15.0 Å². The Labute approximate surface area is 193 Å². The van der Waals surface area contributed by atoms with Crippen LogP contribution in [0.2, 0.25) is 0 Å². The first-order chi connectivity index (χ1) is 16.4. The van der Waals surface area contributed by atoms with E-state index in [4.69, 9.17) is 10.5 Å². The summed E-state index contributed by atoms with van der Waals surface area (Å²) in [6.45, 7) is 1.71. The highest BCUT2D eigenvalue weighted by molar-refractivity contribution is 6.43. The summed E-state index contributed by atoms with van der Waals surface area (Å²) < 4.78 is 19.5. The van der Waals surface area contributed by atoms with E-state index in [2.05, 4.69) is 20.1 Å². The fourth-order valence-electron chi connectivity index (χ4n) is 4.10. The number of aromatic nitrogens is 3. The molecule has 170 valence electrons. The van der Waals surface area contributed by atoms with Crippen molar-refractivity contribution in [3.63, 3.8) is 0 Å². The van der Waals surface area contributed by atoms with Crippen LogP contribution in [0.3, 0.4) is 0 Å². The molecule has 1 aliphatic rings. The number of hydrogen-bond donors (Lipinski definition) is 2. The van der Waals surface area contributed by atoms with Crippen LogP contribution >= 0.6 is 0 Å². The number of ether oxygens (including phenoxy) is 1. The molecule has 2 aromatic heterocycles. The molecule has 0 saturated carbocycles. The van der Waals surface area contributed by atoms with Gasteiger partial charge in [0.1, 0.15) is 29.3 Å². The first-order valence-electron chi connectivity index (χ1n) is 10.4. The Kier molecular flexibility index (Phi) is 5.05. The fourth-order valence-corrected chi connectivity index (χ4v) is 4.10. The zero-order chi connectivity index (χ0) is 23.9. The second kappa shape index (κ2) is 8.07. The van der Waals surface area contributed by atoms with Crippen molar-refractivity contribution in [2.75, 3.05) is 5.01 Å².